The molecule has 0 radical (unpaired) electrons. The average molecular weight is 286 g/mol. The number of hydrogen-bond donors (Lipinski definition) is 1. The Hall–Kier alpha value is -1.58. The number of furan rings is 1. The summed E-state index contributed by atoms with van der Waals surface area (Å²) in [6.07, 6.45) is 2.81. The minimum atomic E-state index is 0.555. The van der Waals surface area contributed by atoms with Crippen LogP contribution in [-0.2, 0) is 19.5 Å². The van der Waals surface area contributed by atoms with Crippen molar-refractivity contribution in [3.8, 4) is 0 Å². The van der Waals surface area contributed by atoms with Crippen molar-refractivity contribution in [2.24, 2.45) is 0 Å². The molecule has 0 aliphatic carbocycles. The van der Waals surface area contributed by atoms with E-state index in [0.717, 1.165) is 31.8 Å². The van der Waals surface area contributed by atoms with Gasteiger partial charge in [-0.3, -0.25) is 4.90 Å². The van der Waals surface area contributed by atoms with Crippen LogP contribution in [0.2, 0.25) is 0 Å². The molecule has 1 heterocycles. The molecule has 0 spiro atoms. The van der Waals surface area contributed by atoms with E-state index in [0.29, 0.717) is 6.04 Å². The summed E-state index contributed by atoms with van der Waals surface area (Å²) in [5.41, 5.74) is 2.73. The van der Waals surface area contributed by atoms with E-state index in [1.54, 1.807) is 6.26 Å². The second-order valence-electron chi connectivity index (χ2n) is 5.93. The molecular weight excluding hydrogens is 260 g/mol. The summed E-state index contributed by atoms with van der Waals surface area (Å²) >= 11 is 0. The Morgan fingerprint density at radius 1 is 1.05 bits per heavy atom. The molecule has 0 amide bonds. The van der Waals surface area contributed by atoms with Gasteiger partial charge in [0.2, 0.25) is 0 Å². The number of nitrogens with one attached hydrogen (secondary N) is 1. The van der Waals surface area contributed by atoms with Crippen molar-refractivity contribution in [2.75, 3.05) is 13.6 Å². The lowest BCUT2D eigenvalue weighted by atomic mass is 10.1. The standard InChI is InChI=1S/C18H26N2O/c1-15(2)19-11-10-16-6-8-17(9-7-16)13-20(3)14-18-5-4-12-21-18/h4-9,12,15,19H,10-11,13-14H2,1-3H3. The molecule has 1 N–H and O–H groups in total. The normalized spacial score (nSPS) is 11.5. The molecule has 0 aliphatic heterocycles. The monoisotopic (exact) mass is 286 g/mol. The third-order valence-electron chi connectivity index (χ3n) is 3.45. The third-order valence-corrected chi connectivity index (χ3v) is 3.45. The van der Waals surface area contributed by atoms with Gasteiger partial charge in [0, 0.05) is 12.6 Å². The highest BCUT2D eigenvalue weighted by molar-refractivity contribution is 5.22. The molecular formula is C18H26N2O. The van der Waals surface area contributed by atoms with Gasteiger partial charge in [0.15, 0.2) is 0 Å². The Bertz CT molecular complexity index is 503. The Morgan fingerprint density at radius 3 is 2.38 bits per heavy atom. The fourth-order valence-electron chi connectivity index (χ4n) is 2.35. The summed E-state index contributed by atoms with van der Waals surface area (Å²) in [7, 11) is 2.11. The van der Waals surface area contributed by atoms with Gasteiger partial charge in [0.05, 0.1) is 12.8 Å². The largest absolute Gasteiger partial charge is 0.468 e. The summed E-state index contributed by atoms with van der Waals surface area (Å²) < 4.78 is 5.38. The van der Waals surface area contributed by atoms with E-state index in [4.69, 9.17) is 4.42 Å². The van der Waals surface area contributed by atoms with Crippen LogP contribution in [-0.4, -0.2) is 24.5 Å². The molecule has 0 unspecified atom stereocenters. The van der Waals surface area contributed by atoms with Gasteiger partial charge in [-0.1, -0.05) is 38.1 Å². The number of nitrogens with zero attached hydrogens (tertiary/aromatic N) is 1. The summed E-state index contributed by atoms with van der Waals surface area (Å²) in [4.78, 5) is 2.26. The van der Waals surface area contributed by atoms with E-state index in [2.05, 4.69) is 55.4 Å². The highest BCUT2D eigenvalue weighted by Crippen LogP contribution is 2.10. The maximum atomic E-state index is 5.38. The smallest absolute Gasteiger partial charge is 0.117 e. The van der Waals surface area contributed by atoms with Crippen molar-refractivity contribution in [1.82, 2.24) is 10.2 Å². The number of benzene rings is 1. The van der Waals surface area contributed by atoms with Crippen LogP contribution in [0.15, 0.2) is 47.1 Å². The van der Waals surface area contributed by atoms with Crippen molar-refractivity contribution in [2.45, 2.75) is 39.4 Å². The lowest BCUT2D eigenvalue weighted by Gasteiger charge is -2.15. The first-order chi connectivity index (χ1) is 10.1. The molecule has 114 valence electrons. The predicted molar refractivity (Wildman–Crippen MR) is 87.2 cm³/mol. The zero-order chi connectivity index (χ0) is 15.1. The van der Waals surface area contributed by atoms with Gasteiger partial charge in [-0.2, -0.15) is 0 Å². The van der Waals surface area contributed by atoms with Crippen molar-refractivity contribution in [1.29, 1.82) is 0 Å². The van der Waals surface area contributed by atoms with Crippen LogP contribution >= 0.6 is 0 Å². The first kappa shape index (κ1) is 15.8. The van der Waals surface area contributed by atoms with E-state index in [-0.39, 0.29) is 0 Å². The lowest BCUT2D eigenvalue weighted by Crippen LogP contribution is -2.24. The van der Waals surface area contributed by atoms with Gasteiger partial charge < -0.3 is 9.73 Å². The maximum absolute atomic E-state index is 5.38. The van der Waals surface area contributed by atoms with Crippen molar-refractivity contribution >= 4 is 0 Å². The Morgan fingerprint density at radius 2 is 1.76 bits per heavy atom. The second-order valence-corrected chi connectivity index (χ2v) is 5.93. The van der Waals surface area contributed by atoms with E-state index in [9.17, 15) is 0 Å². The van der Waals surface area contributed by atoms with Crippen LogP contribution in [0.3, 0.4) is 0 Å². The number of hydrogen-bond acceptors (Lipinski definition) is 3. The first-order valence-electron chi connectivity index (χ1n) is 7.65. The van der Waals surface area contributed by atoms with Crippen LogP contribution in [0.1, 0.15) is 30.7 Å². The average Bonchev–Trinajstić information content (AvgIpc) is 2.93. The molecule has 0 fully saturated rings. The van der Waals surface area contributed by atoms with Crippen LogP contribution in [0, 0.1) is 0 Å². The summed E-state index contributed by atoms with van der Waals surface area (Å²) in [6.45, 7) is 7.17. The molecule has 0 saturated carbocycles. The van der Waals surface area contributed by atoms with E-state index < -0.39 is 0 Å². The van der Waals surface area contributed by atoms with Gasteiger partial charge >= 0.3 is 0 Å². The van der Waals surface area contributed by atoms with Crippen LogP contribution in [0.25, 0.3) is 0 Å². The molecule has 0 saturated heterocycles. The summed E-state index contributed by atoms with van der Waals surface area (Å²) in [5.74, 6) is 1.01. The second kappa shape index (κ2) is 8.01. The van der Waals surface area contributed by atoms with E-state index in [1.807, 2.05) is 12.1 Å². The van der Waals surface area contributed by atoms with Gasteiger partial charge in [-0.05, 0) is 43.3 Å². The molecule has 21 heavy (non-hydrogen) atoms. The molecule has 0 atom stereocenters. The lowest BCUT2D eigenvalue weighted by molar-refractivity contribution is 0.288. The Balaban J connectivity index is 1.78. The fraction of sp³-hybridized carbons (Fsp3) is 0.444. The fourth-order valence-corrected chi connectivity index (χ4v) is 2.35. The quantitative estimate of drug-likeness (QED) is 0.805. The molecule has 2 rings (SSSR count). The molecule has 0 aliphatic rings. The van der Waals surface area contributed by atoms with Crippen LogP contribution in [0.4, 0.5) is 0 Å². The molecule has 3 heteroatoms. The minimum absolute atomic E-state index is 0.555. The molecule has 1 aromatic carbocycles. The zero-order valence-electron chi connectivity index (χ0n) is 13.3. The van der Waals surface area contributed by atoms with Gasteiger partial charge in [0.1, 0.15) is 5.76 Å². The van der Waals surface area contributed by atoms with Crippen molar-refractivity contribution in [3.63, 3.8) is 0 Å². The molecule has 0 bridgehead atoms. The van der Waals surface area contributed by atoms with E-state index in [1.165, 1.54) is 11.1 Å². The minimum Gasteiger partial charge on any atom is -0.468 e. The highest BCUT2D eigenvalue weighted by Gasteiger charge is 2.04. The number of rotatable bonds is 8. The van der Waals surface area contributed by atoms with Gasteiger partial charge in [-0.15, -0.1) is 0 Å². The Labute approximate surface area is 128 Å². The maximum Gasteiger partial charge on any atom is 0.117 e. The molecule has 1 aromatic heterocycles. The van der Waals surface area contributed by atoms with Crippen molar-refractivity contribution < 1.29 is 4.42 Å². The van der Waals surface area contributed by atoms with Gasteiger partial charge in [0.25, 0.3) is 0 Å². The third kappa shape index (κ3) is 5.74. The molecule has 2 aromatic rings. The van der Waals surface area contributed by atoms with E-state index >= 15 is 0 Å². The summed E-state index contributed by atoms with van der Waals surface area (Å²) in [5, 5.41) is 3.45. The summed E-state index contributed by atoms with van der Waals surface area (Å²) in [6, 6.07) is 13.4. The SMILES string of the molecule is CC(C)NCCc1ccc(CN(C)Cc2ccco2)cc1. The highest BCUT2D eigenvalue weighted by atomic mass is 16.3. The van der Waals surface area contributed by atoms with Crippen molar-refractivity contribution in [3.05, 3.63) is 59.5 Å². The van der Waals surface area contributed by atoms with Crippen LogP contribution < -0.4 is 5.32 Å². The predicted octanol–water partition coefficient (Wildman–Crippen LogP) is 3.45. The Kier molecular flexibility index (Phi) is 6.03. The topological polar surface area (TPSA) is 28.4 Å². The first-order valence-corrected chi connectivity index (χ1v) is 7.65. The van der Waals surface area contributed by atoms with Crippen LogP contribution in [0.5, 0.6) is 0 Å². The molecule has 3 nitrogen and oxygen atoms in total. The van der Waals surface area contributed by atoms with Gasteiger partial charge in [-0.25, -0.2) is 0 Å². The zero-order valence-corrected chi connectivity index (χ0v) is 13.3.